The number of rotatable bonds is 3. The van der Waals surface area contributed by atoms with Crippen LogP contribution >= 0.6 is 0 Å². The van der Waals surface area contributed by atoms with Crippen LogP contribution in [0.3, 0.4) is 0 Å². The highest BCUT2D eigenvalue weighted by Gasteiger charge is 2.29. The summed E-state index contributed by atoms with van der Waals surface area (Å²) in [5.74, 6) is 0.363. The van der Waals surface area contributed by atoms with E-state index in [1.165, 1.54) is 6.33 Å². The number of nitrogens with one attached hydrogen (secondary N) is 2. The van der Waals surface area contributed by atoms with Crippen molar-refractivity contribution in [2.45, 2.75) is 19.4 Å². The lowest BCUT2D eigenvalue weighted by atomic mass is 10.0. The fourth-order valence-electron chi connectivity index (χ4n) is 2.41. The molecule has 7 nitrogen and oxygen atoms in total. The van der Waals surface area contributed by atoms with Gasteiger partial charge in [0.1, 0.15) is 6.33 Å². The van der Waals surface area contributed by atoms with E-state index < -0.39 is 0 Å². The van der Waals surface area contributed by atoms with Crippen molar-refractivity contribution in [2.75, 3.05) is 11.9 Å². The Morgan fingerprint density at radius 3 is 3.10 bits per heavy atom. The van der Waals surface area contributed by atoms with Crippen LogP contribution < -0.4 is 10.6 Å². The monoisotopic (exact) mass is 272 g/mol. The van der Waals surface area contributed by atoms with Gasteiger partial charge in [-0.25, -0.2) is 4.68 Å². The van der Waals surface area contributed by atoms with Crippen LogP contribution in [0.1, 0.15) is 13.3 Å². The molecule has 1 aromatic heterocycles. The number of carbonyl (C=O) groups is 1. The standard InChI is InChI=1S/C13H16N6O/c1-9-5-6-14-12(9)13(20)16-10-3-2-4-11(7-10)19-8-15-17-18-19/h2-4,7-9,12,14H,5-6H2,1H3,(H,16,20). The molecule has 0 bridgehead atoms. The van der Waals surface area contributed by atoms with E-state index in [1.807, 2.05) is 24.3 Å². The summed E-state index contributed by atoms with van der Waals surface area (Å²) >= 11 is 0. The van der Waals surface area contributed by atoms with Crippen LogP contribution in [0.25, 0.3) is 5.69 Å². The molecular formula is C13H16N6O. The molecule has 1 aliphatic rings. The molecule has 0 aliphatic carbocycles. The molecule has 2 heterocycles. The van der Waals surface area contributed by atoms with Crippen molar-refractivity contribution in [3.63, 3.8) is 0 Å². The maximum atomic E-state index is 12.2. The molecule has 2 N–H and O–H groups in total. The Morgan fingerprint density at radius 2 is 2.40 bits per heavy atom. The Morgan fingerprint density at radius 1 is 1.50 bits per heavy atom. The third-order valence-corrected chi connectivity index (χ3v) is 3.54. The van der Waals surface area contributed by atoms with Crippen molar-refractivity contribution in [3.8, 4) is 5.69 Å². The van der Waals surface area contributed by atoms with E-state index in [-0.39, 0.29) is 11.9 Å². The molecule has 0 radical (unpaired) electrons. The van der Waals surface area contributed by atoms with Gasteiger partial charge in [0, 0.05) is 5.69 Å². The number of benzene rings is 1. The third kappa shape index (κ3) is 2.53. The summed E-state index contributed by atoms with van der Waals surface area (Å²) in [5.41, 5.74) is 1.55. The van der Waals surface area contributed by atoms with Gasteiger partial charge in [0.15, 0.2) is 0 Å². The van der Waals surface area contributed by atoms with Gasteiger partial charge >= 0.3 is 0 Å². The first-order valence-electron chi connectivity index (χ1n) is 6.62. The summed E-state index contributed by atoms with van der Waals surface area (Å²) in [6.07, 6.45) is 2.55. The van der Waals surface area contributed by atoms with Gasteiger partial charge in [0.2, 0.25) is 5.91 Å². The summed E-state index contributed by atoms with van der Waals surface area (Å²) < 4.78 is 1.55. The van der Waals surface area contributed by atoms with E-state index >= 15 is 0 Å². The number of hydrogen-bond donors (Lipinski definition) is 2. The largest absolute Gasteiger partial charge is 0.325 e. The van der Waals surface area contributed by atoms with Crippen LogP contribution in [-0.4, -0.2) is 38.7 Å². The van der Waals surface area contributed by atoms with Gasteiger partial charge in [0.05, 0.1) is 11.7 Å². The van der Waals surface area contributed by atoms with Crippen LogP contribution in [0.15, 0.2) is 30.6 Å². The van der Waals surface area contributed by atoms with Crippen LogP contribution in [0.2, 0.25) is 0 Å². The first kappa shape index (κ1) is 12.7. The zero-order chi connectivity index (χ0) is 13.9. The first-order chi connectivity index (χ1) is 9.74. The molecule has 20 heavy (non-hydrogen) atoms. The number of amides is 1. The molecule has 0 saturated carbocycles. The summed E-state index contributed by atoms with van der Waals surface area (Å²) in [5, 5.41) is 17.2. The number of hydrogen-bond acceptors (Lipinski definition) is 5. The van der Waals surface area contributed by atoms with Crippen molar-refractivity contribution in [3.05, 3.63) is 30.6 Å². The maximum Gasteiger partial charge on any atom is 0.241 e. The maximum absolute atomic E-state index is 12.2. The van der Waals surface area contributed by atoms with Crippen molar-refractivity contribution in [2.24, 2.45) is 5.92 Å². The second kappa shape index (κ2) is 5.38. The Hall–Kier alpha value is -2.28. The number of nitrogens with zero attached hydrogens (tertiary/aromatic N) is 4. The van der Waals surface area contributed by atoms with Gasteiger partial charge < -0.3 is 10.6 Å². The van der Waals surface area contributed by atoms with Gasteiger partial charge in [0.25, 0.3) is 0 Å². The lowest BCUT2D eigenvalue weighted by Crippen LogP contribution is -2.39. The Bertz CT molecular complexity index is 597. The molecular weight excluding hydrogens is 256 g/mol. The smallest absolute Gasteiger partial charge is 0.241 e. The zero-order valence-electron chi connectivity index (χ0n) is 11.2. The molecule has 2 atom stereocenters. The number of tetrazole rings is 1. The topological polar surface area (TPSA) is 84.7 Å². The predicted molar refractivity (Wildman–Crippen MR) is 73.4 cm³/mol. The van der Waals surface area contributed by atoms with Crippen molar-refractivity contribution in [1.82, 2.24) is 25.5 Å². The lowest BCUT2D eigenvalue weighted by Gasteiger charge is -2.15. The average molecular weight is 272 g/mol. The normalized spacial score (nSPS) is 21.9. The second-order valence-electron chi connectivity index (χ2n) is 4.99. The fraction of sp³-hybridized carbons (Fsp3) is 0.385. The fourth-order valence-corrected chi connectivity index (χ4v) is 2.41. The highest BCUT2D eigenvalue weighted by molar-refractivity contribution is 5.95. The molecule has 7 heteroatoms. The number of aromatic nitrogens is 4. The van der Waals surface area contributed by atoms with E-state index in [0.717, 1.165) is 24.3 Å². The second-order valence-corrected chi connectivity index (χ2v) is 4.99. The average Bonchev–Trinajstić information content (AvgIpc) is 3.09. The summed E-state index contributed by atoms with van der Waals surface area (Å²) in [7, 11) is 0. The van der Waals surface area contributed by atoms with E-state index in [0.29, 0.717) is 5.92 Å². The van der Waals surface area contributed by atoms with E-state index in [2.05, 4.69) is 33.1 Å². The van der Waals surface area contributed by atoms with E-state index in [9.17, 15) is 4.79 Å². The van der Waals surface area contributed by atoms with Gasteiger partial charge in [-0.1, -0.05) is 13.0 Å². The molecule has 1 fully saturated rings. The minimum atomic E-state index is -0.119. The predicted octanol–water partition coefficient (Wildman–Crippen LogP) is 0.599. The zero-order valence-corrected chi connectivity index (χ0v) is 11.2. The minimum absolute atomic E-state index is 0.00358. The van der Waals surface area contributed by atoms with Crippen LogP contribution in [-0.2, 0) is 4.79 Å². The molecule has 0 spiro atoms. The molecule has 1 aliphatic heterocycles. The highest BCUT2D eigenvalue weighted by atomic mass is 16.2. The van der Waals surface area contributed by atoms with Crippen molar-refractivity contribution < 1.29 is 4.79 Å². The van der Waals surface area contributed by atoms with Gasteiger partial charge in [-0.2, -0.15) is 0 Å². The van der Waals surface area contributed by atoms with E-state index in [1.54, 1.807) is 4.68 Å². The Labute approximate surface area is 116 Å². The van der Waals surface area contributed by atoms with Gasteiger partial charge in [-0.15, -0.1) is 5.10 Å². The van der Waals surface area contributed by atoms with Crippen LogP contribution in [0.4, 0.5) is 5.69 Å². The molecule has 104 valence electrons. The molecule has 3 rings (SSSR count). The lowest BCUT2D eigenvalue weighted by molar-refractivity contribution is -0.118. The van der Waals surface area contributed by atoms with Gasteiger partial charge in [-0.3, -0.25) is 4.79 Å². The number of anilines is 1. The molecule has 2 unspecified atom stereocenters. The summed E-state index contributed by atoms with van der Waals surface area (Å²) in [6.45, 7) is 2.98. The molecule has 1 amide bonds. The molecule has 2 aromatic rings. The first-order valence-corrected chi connectivity index (χ1v) is 6.62. The Kier molecular flexibility index (Phi) is 3.42. The highest BCUT2D eigenvalue weighted by Crippen LogP contribution is 2.18. The minimum Gasteiger partial charge on any atom is -0.325 e. The SMILES string of the molecule is CC1CCNC1C(=O)Nc1cccc(-n2cnnn2)c1. The van der Waals surface area contributed by atoms with Crippen molar-refractivity contribution in [1.29, 1.82) is 0 Å². The summed E-state index contributed by atoms with van der Waals surface area (Å²) in [4.78, 5) is 12.2. The number of carbonyl (C=O) groups excluding carboxylic acids is 1. The quantitative estimate of drug-likeness (QED) is 0.854. The van der Waals surface area contributed by atoms with Crippen LogP contribution in [0.5, 0.6) is 0 Å². The van der Waals surface area contributed by atoms with E-state index in [4.69, 9.17) is 0 Å². The summed E-state index contributed by atoms with van der Waals surface area (Å²) in [6, 6.07) is 7.31. The Balaban J connectivity index is 1.74. The van der Waals surface area contributed by atoms with Gasteiger partial charge in [-0.05, 0) is 47.5 Å². The van der Waals surface area contributed by atoms with Crippen LogP contribution in [0, 0.1) is 5.92 Å². The third-order valence-electron chi connectivity index (χ3n) is 3.54. The molecule has 1 saturated heterocycles. The molecule has 1 aromatic carbocycles. The van der Waals surface area contributed by atoms with Crippen molar-refractivity contribution >= 4 is 11.6 Å².